The van der Waals surface area contributed by atoms with E-state index in [1.165, 1.54) is 12.1 Å². The van der Waals surface area contributed by atoms with E-state index in [0.717, 1.165) is 11.3 Å². The molecule has 2 rings (SSSR count). The second kappa shape index (κ2) is 7.32. The van der Waals surface area contributed by atoms with Crippen molar-refractivity contribution in [1.82, 2.24) is 0 Å². The molecule has 0 aromatic heterocycles. The van der Waals surface area contributed by atoms with Crippen molar-refractivity contribution in [3.8, 4) is 23.3 Å². The van der Waals surface area contributed by atoms with Crippen LogP contribution in [0.25, 0.3) is 0 Å². The summed E-state index contributed by atoms with van der Waals surface area (Å²) in [6.45, 7) is 0.556. The highest BCUT2D eigenvalue weighted by Gasteiger charge is 2.02. The summed E-state index contributed by atoms with van der Waals surface area (Å²) in [7, 11) is 1.61. The molecule has 0 radical (unpaired) electrons. The van der Waals surface area contributed by atoms with Gasteiger partial charge < -0.3 is 15.2 Å². The third kappa shape index (κ3) is 4.51. The minimum absolute atomic E-state index is 0.233. The van der Waals surface area contributed by atoms with Crippen LogP contribution in [0.1, 0.15) is 11.1 Å². The van der Waals surface area contributed by atoms with Gasteiger partial charge in [-0.25, -0.2) is 4.39 Å². The second-order valence-electron chi connectivity index (χ2n) is 4.32. The highest BCUT2D eigenvalue weighted by Crippen LogP contribution is 2.19. The van der Waals surface area contributed by atoms with Crippen LogP contribution in [0, 0.1) is 17.7 Å². The van der Waals surface area contributed by atoms with Gasteiger partial charge in [-0.3, -0.25) is 0 Å². The van der Waals surface area contributed by atoms with Crippen molar-refractivity contribution in [2.24, 2.45) is 5.73 Å². The van der Waals surface area contributed by atoms with E-state index >= 15 is 0 Å². The highest BCUT2D eigenvalue weighted by atomic mass is 19.1. The molecular weight excluding hydrogens is 269 g/mol. The molecule has 0 aliphatic heterocycles. The second-order valence-corrected chi connectivity index (χ2v) is 4.32. The van der Waals surface area contributed by atoms with E-state index in [1.807, 2.05) is 24.3 Å². The van der Waals surface area contributed by atoms with E-state index in [9.17, 15) is 4.39 Å². The quantitative estimate of drug-likeness (QED) is 0.878. The smallest absolute Gasteiger partial charge is 0.128 e. The molecule has 0 atom stereocenters. The lowest BCUT2D eigenvalue weighted by molar-refractivity contribution is 0.303. The predicted molar refractivity (Wildman–Crippen MR) is 79.7 cm³/mol. The first kappa shape index (κ1) is 14.9. The summed E-state index contributed by atoms with van der Waals surface area (Å²) < 4.78 is 24.2. The molecule has 2 N–H and O–H groups in total. The van der Waals surface area contributed by atoms with E-state index in [2.05, 4.69) is 11.8 Å². The Balaban J connectivity index is 2.10. The Hall–Kier alpha value is -2.51. The van der Waals surface area contributed by atoms with Crippen LogP contribution in [0.15, 0.2) is 42.5 Å². The van der Waals surface area contributed by atoms with Gasteiger partial charge in [0.2, 0.25) is 0 Å². The zero-order valence-electron chi connectivity index (χ0n) is 11.7. The summed E-state index contributed by atoms with van der Waals surface area (Å²) in [5.41, 5.74) is 6.78. The lowest BCUT2D eigenvalue weighted by atomic mass is 10.2. The third-order valence-corrected chi connectivity index (χ3v) is 2.75. The number of nitrogens with two attached hydrogens (primary N) is 1. The Kier molecular flexibility index (Phi) is 5.19. The molecule has 2 aromatic carbocycles. The summed E-state index contributed by atoms with van der Waals surface area (Å²) in [5, 5.41) is 0. The fourth-order valence-electron chi connectivity index (χ4n) is 1.80. The zero-order chi connectivity index (χ0) is 15.1. The fraction of sp³-hybridized carbons (Fsp3) is 0.176. The van der Waals surface area contributed by atoms with Gasteiger partial charge in [0.25, 0.3) is 0 Å². The Morgan fingerprint density at radius 2 is 2.00 bits per heavy atom. The van der Waals surface area contributed by atoms with E-state index in [0.29, 0.717) is 17.9 Å². The zero-order valence-corrected chi connectivity index (χ0v) is 11.7. The average Bonchev–Trinajstić information content (AvgIpc) is 2.50. The lowest BCUT2D eigenvalue weighted by Crippen LogP contribution is -1.97. The van der Waals surface area contributed by atoms with Crippen molar-refractivity contribution in [1.29, 1.82) is 0 Å². The summed E-state index contributed by atoms with van der Waals surface area (Å²) >= 11 is 0. The monoisotopic (exact) mass is 285 g/mol. The van der Waals surface area contributed by atoms with Gasteiger partial charge in [-0.1, -0.05) is 24.0 Å². The number of hydrogen-bond donors (Lipinski definition) is 1. The Morgan fingerprint density at radius 3 is 2.76 bits per heavy atom. The van der Waals surface area contributed by atoms with Gasteiger partial charge in [-0.2, -0.15) is 0 Å². The summed E-state index contributed by atoms with van der Waals surface area (Å²) in [4.78, 5) is 0. The van der Waals surface area contributed by atoms with E-state index < -0.39 is 0 Å². The average molecular weight is 285 g/mol. The first-order valence-corrected chi connectivity index (χ1v) is 6.46. The van der Waals surface area contributed by atoms with Crippen molar-refractivity contribution in [2.75, 3.05) is 13.7 Å². The van der Waals surface area contributed by atoms with Crippen molar-refractivity contribution in [2.45, 2.75) is 6.61 Å². The number of rotatable bonds is 4. The van der Waals surface area contributed by atoms with Crippen molar-refractivity contribution in [3.63, 3.8) is 0 Å². The molecule has 108 valence electrons. The molecule has 2 aromatic rings. The molecule has 3 nitrogen and oxygen atoms in total. The maximum absolute atomic E-state index is 13.5. The topological polar surface area (TPSA) is 44.5 Å². The van der Waals surface area contributed by atoms with Gasteiger partial charge in [0, 0.05) is 11.6 Å². The highest BCUT2D eigenvalue weighted by molar-refractivity contribution is 5.40. The molecule has 21 heavy (non-hydrogen) atoms. The minimum atomic E-state index is -0.389. The Bertz CT molecular complexity index is 674. The van der Waals surface area contributed by atoms with Crippen LogP contribution in [0.5, 0.6) is 11.5 Å². The number of halogens is 1. The van der Waals surface area contributed by atoms with Crippen LogP contribution in [0.2, 0.25) is 0 Å². The molecule has 0 spiro atoms. The number of benzene rings is 2. The molecule has 0 amide bonds. The Labute approximate surface area is 123 Å². The number of hydrogen-bond acceptors (Lipinski definition) is 3. The van der Waals surface area contributed by atoms with Gasteiger partial charge >= 0.3 is 0 Å². The summed E-state index contributed by atoms with van der Waals surface area (Å²) in [5.74, 6) is 6.27. The number of methoxy groups -OCH3 is 1. The summed E-state index contributed by atoms with van der Waals surface area (Å²) in [6, 6.07) is 11.9. The first-order chi connectivity index (χ1) is 10.2. The van der Waals surface area contributed by atoms with Crippen molar-refractivity contribution in [3.05, 3.63) is 59.4 Å². The maximum atomic E-state index is 13.5. The van der Waals surface area contributed by atoms with Crippen LogP contribution < -0.4 is 15.2 Å². The molecule has 0 saturated heterocycles. The van der Waals surface area contributed by atoms with Crippen molar-refractivity contribution >= 4 is 0 Å². The largest absolute Gasteiger partial charge is 0.497 e. The first-order valence-electron chi connectivity index (χ1n) is 6.46. The molecular formula is C17H16FNO2. The molecule has 0 saturated carbocycles. The molecule has 0 aliphatic rings. The van der Waals surface area contributed by atoms with Crippen LogP contribution >= 0.6 is 0 Å². The predicted octanol–water partition coefficient (Wildman–Crippen LogP) is 2.72. The van der Waals surface area contributed by atoms with Crippen LogP contribution in [-0.4, -0.2) is 13.7 Å². The molecule has 4 heteroatoms. The Morgan fingerprint density at radius 1 is 1.14 bits per heavy atom. The van der Waals surface area contributed by atoms with Crippen LogP contribution in [0.3, 0.4) is 0 Å². The van der Waals surface area contributed by atoms with Gasteiger partial charge in [0.05, 0.1) is 13.7 Å². The fourth-order valence-corrected chi connectivity index (χ4v) is 1.80. The third-order valence-electron chi connectivity index (χ3n) is 2.75. The lowest BCUT2D eigenvalue weighted by Gasteiger charge is -2.08. The van der Waals surface area contributed by atoms with Crippen LogP contribution in [-0.2, 0) is 6.61 Å². The summed E-state index contributed by atoms with van der Waals surface area (Å²) in [6.07, 6.45) is 0. The molecule has 0 fully saturated rings. The SMILES string of the molecule is COc1cccc(COc2cc(F)cc(C#CCN)c2)c1. The number of ether oxygens (including phenoxy) is 2. The molecule has 0 aliphatic carbocycles. The van der Waals surface area contributed by atoms with Crippen molar-refractivity contribution < 1.29 is 13.9 Å². The van der Waals surface area contributed by atoms with Gasteiger partial charge in [-0.15, -0.1) is 0 Å². The normalized spacial score (nSPS) is 9.67. The minimum Gasteiger partial charge on any atom is -0.497 e. The molecule has 0 heterocycles. The van der Waals surface area contributed by atoms with Gasteiger partial charge in [0.15, 0.2) is 0 Å². The van der Waals surface area contributed by atoms with E-state index in [1.54, 1.807) is 13.2 Å². The van der Waals surface area contributed by atoms with Crippen LogP contribution in [0.4, 0.5) is 4.39 Å². The molecule has 0 bridgehead atoms. The molecule has 0 unspecified atom stereocenters. The standard InChI is InChI=1S/C17H16FNO2/c1-20-16-6-2-4-14(10-16)12-21-17-9-13(5-3-7-19)8-15(18)11-17/h2,4,6,8-11H,7,12,19H2,1H3. The van der Waals surface area contributed by atoms with Gasteiger partial charge in [0.1, 0.15) is 23.9 Å². The van der Waals surface area contributed by atoms with E-state index in [-0.39, 0.29) is 12.4 Å². The van der Waals surface area contributed by atoms with E-state index in [4.69, 9.17) is 15.2 Å². The van der Waals surface area contributed by atoms with Gasteiger partial charge in [-0.05, 0) is 29.8 Å². The maximum Gasteiger partial charge on any atom is 0.128 e.